The van der Waals surface area contributed by atoms with E-state index in [1.807, 2.05) is 0 Å². The van der Waals surface area contributed by atoms with Crippen molar-refractivity contribution in [1.82, 2.24) is 0 Å². The Kier molecular flexibility index (Phi) is 3.51. The van der Waals surface area contributed by atoms with Gasteiger partial charge >= 0.3 is 5.97 Å². The van der Waals surface area contributed by atoms with Crippen LogP contribution in [-0.2, 0) is 9.53 Å². The second kappa shape index (κ2) is 4.99. The SMILES string of the molecule is COC(=O)[C@]1(C)CCC[C@@]2(C)[C@@H]3CC[C@H]4C[C@@]3(CC[C@@H]21)C[C@@]4(C)O. The van der Waals surface area contributed by atoms with Gasteiger partial charge in [-0.05, 0) is 93.8 Å². The quantitative estimate of drug-likeness (QED) is 0.726. The summed E-state index contributed by atoms with van der Waals surface area (Å²) in [5.74, 6) is 1.59. The molecule has 0 saturated heterocycles. The van der Waals surface area contributed by atoms with E-state index in [0.29, 0.717) is 23.2 Å². The number of carbonyl (C=O) groups is 1. The van der Waals surface area contributed by atoms with Crippen molar-refractivity contribution in [2.75, 3.05) is 7.11 Å². The smallest absolute Gasteiger partial charge is 0.311 e. The first-order valence-electron chi connectivity index (χ1n) is 9.99. The molecule has 4 rings (SSSR count). The van der Waals surface area contributed by atoms with Crippen LogP contribution in [0.2, 0.25) is 0 Å². The lowest BCUT2D eigenvalue weighted by atomic mass is 9.41. The molecule has 0 aromatic rings. The van der Waals surface area contributed by atoms with Crippen LogP contribution in [-0.4, -0.2) is 23.8 Å². The lowest BCUT2D eigenvalue weighted by molar-refractivity contribution is -0.184. The van der Waals surface area contributed by atoms with Crippen molar-refractivity contribution in [3.63, 3.8) is 0 Å². The van der Waals surface area contributed by atoms with Gasteiger partial charge in [-0.15, -0.1) is 0 Å². The van der Waals surface area contributed by atoms with Crippen LogP contribution in [0.1, 0.15) is 78.6 Å². The van der Waals surface area contributed by atoms with Gasteiger partial charge in [0, 0.05) is 0 Å². The molecule has 4 fully saturated rings. The predicted octanol–water partition coefficient (Wildman–Crippen LogP) is 4.32. The van der Waals surface area contributed by atoms with Crippen LogP contribution in [0.5, 0.6) is 0 Å². The second-order valence-corrected chi connectivity index (χ2v) is 10.3. The third-order valence-corrected chi connectivity index (χ3v) is 9.14. The molecule has 0 radical (unpaired) electrons. The number of aliphatic hydroxyl groups is 1. The zero-order valence-electron chi connectivity index (χ0n) is 15.9. The standard InChI is InChI=1S/C21H34O3/c1-18-9-5-10-19(2,17(22)24-4)15(18)8-11-21-12-14(6-7-16(18)21)20(3,23)13-21/h14-16,23H,5-13H2,1-4H3/t14-,15-,16-,18+,19+,20+,21-/m0/s1. The molecule has 4 aliphatic carbocycles. The summed E-state index contributed by atoms with van der Waals surface area (Å²) in [4.78, 5) is 12.6. The molecule has 2 bridgehead atoms. The van der Waals surface area contributed by atoms with Crippen LogP contribution < -0.4 is 0 Å². The zero-order valence-corrected chi connectivity index (χ0v) is 15.9. The van der Waals surface area contributed by atoms with E-state index in [-0.39, 0.29) is 16.8 Å². The number of esters is 1. The number of hydrogen-bond acceptors (Lipinski definition) is 3. The van der Waals surface area contributed by atoms with Crippen LogP contribution >= 0.6 is 0 Å². The molecule has 4 aliphatic rings. The van der Waals surface area contributed by atoms with Gasteiger partial charge in [0.25, 0.3) is 0 Å². The average molecular weight is 335 g/mol. The van der Waals surface area contributed by atoms with Crippen molar-refractivity contribution < 1.29 is 14.6 Å². The van der Waals surface area contributed by atoms with Crippen molar-refractivity contribution in [3.05, 3.63) is 0 Å². The Morgan fingerprint density at radius 3 is 2.50 bits per heavy atom. The molecule has 0 amide bonds. The summed E-state index contributed by atoms with van der Waals surface area (Å²) in [7, 11) is 1.54. The topological polar surface area (TPSA) is 46.5 Å². The Bertz CT molecular complexity index is 555. The zero-order chi connectivity index (χ0) is 17.4. The van der Waals surface area contributed by atoms with E-state index < -0.39 is 5.60 Å². The monoisotopic (exact) mass is 334 g/mol. The van der Waals surface area contributed by atoms with Crippen molar-refractivity contribution >= 4 is 5.97 Å². The molecule has 0 aliphatic heterocycles. The molecule has 7 atom stereocenters. The first kappa shape index (κ1) is 16.9. The molecular formula is C21H34O3. The third-order valence-electron chi connectivity index (χ3n) is 9.14. The number of carbonyl (C=O) groups excluding carboxylic acids is 1. The minimum absolute atomic E-state index is 0.00137. The van der Waals surface area contributed by atoms with Crippen molar-refractivity contribution in [2.24, 2.45) is 34.0 Å². The Labute approximate surface area is 146 Å². The highest BCUT2D eigenvalue weighted by molar-refractivity contribution is 5.77. The molecule has 1 spiro atoms. The highest BCUT2D eigenvalue weighted by Crippen LogP contribution is 2.72. The highest BCUT2D eigenvalue weighted by Gasteiger charge is 2.67. The van der Waals surface area contributed by atoms with Gasteiger partial charge in [0.05, 0.1) is 18.1 Å². The van der Waals surface area contributed by atoms with Crippen LogP contribution in [0.3, 0.4) is 0 Å². The number of hydrogen-bond donors (Lipinski definition) is 1. The van der Waals surface area contributed by atoms with E-state index in [1.54, 1.807) is 7.11 Å². The van der Waals surface area contributed by atoms with E-state index in [2.05, 4.69) is 20.8 Å². The fourth-order valence-corrected chi connectivity index (χ4v) is 8.27. The van der Waals surface area contributed by atoms with Crippen LogP contribution in [0, 0.1) is 34.0 Å². The summed E-state index contributed by atoms with van der Waals surface area (Å²) in [6.45, 7) is 6.70. The average Bonchev–Trinajstić information content (AvgIpc) is 2.70. The number of methoxy groups -OCH3 is 1. The van der Waals surface area contributed by atoms with E-state index in [4.69, 9.17) is 4.74 Å². The fraction of sp³-hybridized carbons (Fsp3) is 0.952. The van der Waals surface area contributed by atoms with E-state index >= 15 is 0 Å². The van der Waals surface area contributed by atoms with Gasteiger partial charge in [0.15, 0.2) is 0 Å². The maximum Gasteiger partial charge on any atom is 0.311 e. The fourth-order valence-electron chi connectivity index (χ4n) is 8.27. The van der Waals surface area contributed by atoms with Crippen LogP contribution in [0.4, 0.5) is 0 Å². The van der Waals surface area contributed by atoms with Crippen LogP contribution in [0.15, 0.2) is 0 Å². The predicted molar refractivity (Wildman–Crippen MR) is 93.3 cm³/mol. The summed E-state index contributed by atoms with van der Waals surface area (Å²) in [6.07, 6.45) is 10.3. The molecule has 0 aromatic carbocycles. The van der Waals surface area contributed by atoms with Gasteiger partial charge < -0.3 is 9.84 Å². The lowest BCUT2D eigenvalue weighted by Gasteiger charge is -2.63. The molecule has 24 heavy (non-hydrogen) atoms. The van der Waals surface area contributed by atoms with Crippen LogP contribution in [0.25, 0.3) is 0 Å². The van der Waals surface area contributed by atoms with Gasteiger partial charge in [-0.25, -0.2) is 0 Å². The van der Waals surface area contributed by atoms with Gasteiger partial charge in [-0.2, -0.15) is 0 Å². The summed E-state index contributed by atoms with van der Waals surface area (Å²) in [6, 6.07) is 0. The summed E-state index contributed by atoms with van der Waals surface area (Å²) >= 11 is 0. The normalized spacial score (nSPS) is 56.3. The maximum absolute atomic E-state index is 12.6. The van der Waals surface area contributed by atoms with Gasteiger partial charge in [-0.1, -0.05) is 13.3 Å². The summed E-state index contributed by atoms with van der Waals surface area (Å²) < 4.78 is 5.24. The molecule has 0 unspecified atom stereocenters. The Hall–Kier alpha value is -0.570. The molecule has 4 saturated carbocycles. The first-order chi connectivity index (χ1) is 11.2. The van der Waals surface area contributed by atoms with E-state index in [0.717, 1.165) is 32.1 Å². The molecule has 136 valence electrons. The molecule has 1 N–H and O–H groups in total. The molecule has 0 aromatic heterocycles. The van der Waals surface area contributed by atoms with Crippen molar-refractivity contribution in [2.45, 2.75) is 84.2 Å². The first-order valence-corrected chi connectivity index (χ1v) is 9.99. The summed E-state index contributed by atoms with van der Waals surface area (Å²) in [5, 5.41) is 10.9. The Morgan fingerprint density at radius 2 is 1.79 bits per heavy atom. The molecular weight excluding hydrogens is 300 g/mol. The summed E-state index contributed by atoms with van der Waals surface area (Å²) in [5.41, 5.74) is -0.240. The second-order valence-electron chi connectivity index (χ2n) is 10.3. The third kappa shape index (κ3) is 1.97. The minimum Gasteiger partial charge on any atom is -0.469 e. The lowest BCUT2D eigenvalue weighted by Crippen LogP contribution is -2.58. The van der Waals surface area contributed by atoms with Gasteiger partial charge in [0.2, 0.25) is 0 Å². The highest BCUT2D eigenvalue weighted by atomic mass is 16.5. The van der Waals surface area contributed by atoms with Crippen molar-refractivity contribution in [3.8, 4) is 0 Å². The largest absolute Gasteiger partial charge is 0.469 e. The van der Waals surface area contributed by atoms with Gasteiger partial charge in [0.1, 0.15) is 0 Å². The Morgan fingerprint density at radius 1 is 1.04 bits per heavy atom. The number of fused-ring (bicyclic) bond motifs is 3. The number of rotatable bonds is 1. The van der Waals surface area contributed by atoms with E-state index in [1.165, 1.54) is 25.7 Å². The molecule has 3 nitrogen and oxygen atoms in total. The maximum atomic E-state index is 12.6. The van der Waals surface area contributed by atoms with Gasteiger partial charge in [-0.3, -0.25) is 4.79 Å². The van der Waals surface area contributed by atoms with E-state index in [9.17, 15) is 9.90 Å². The van der Waals surface area contributed by atoms with Crippen molar-refractivity contribution in [1.29, 1.82) is 0 Å². The minimum atomic E-state index is -0.474. The Balaban J connectivity index is 1.72. The molecule has 0 heterocycles. The molecule has 3 heteroatoms. The number of ether oxygens (including phenoxy) is 1.